The molecule has 0 aromatic rings. The van der Waals surface area contributed by atoms with Gasteiger partial charge >= 0.3 is 17.9 Å². The Morgan fingerprint density at radius 2 is 0.346 bits per heavy atom. The van der Waals surface area contributed by atoms with E-state index in [-0.39, 0.29) is 31.1 Å². The fraction of sp³-hybridized carbons (Fsp3) is 0.958. The van der Waals surface area contributed by atoms with Crippen molar-refractivity contribution in [3.63, 3.8) is 0 Å². The van der Waals surface area contributed by atoms with Crippen molar-refractivity contribution in [2.24, 2.45) is 0 Å². The lowest BCUT2D eigenvalue weighted by Gasteiger charge is -2.18. The summed E-state index contributed by atoms with van der Waals surface area (Å²) in [5.74, 6) is -0.816. The summed E-state index contributed by atoms with van der Waals surface area (Å²) in [5, 5.41) is 0. The van der Waals surface area contributed by atoms with Gasteiger partial charge in [0.25, 0.3) is 0 Å². The minimum atomic E-state index is -0.764. The second-order valence-corrected chi connectivity index (χ2v) is 24.9. The molecule has 0 saturated heterocycles. The molecule has 0 aliphatic heterocycles. The summed E-state index contributed by atoms with van der Waals surface area (Å²) in [5.41, 5.74) is 0. The molecule has 0 aromatic heterocycles. The van der Waals surface area contributed by atoms with E-state index in [1.165, 1.54) is 327 Å². The van der Waals surface area contributed by atoms with Crippen LogP contribution in [0.4, 0.5) is 0 Å². The smallest absolute Gasteiger partial charge is 0.306 e. The molecule has 0 heterocycles. The van der Waals surface area contributed by atoms with E-state index in [0.717, 1.165) is 57.8 Å². The van der Waals surface area contributed by atoms with Gasteiger partial charge in [0.1, 0.15) is 13.2 Å². The first-order valence-corrected chi connectivity index (χ1v) is 36.0. The quantitative estimate of drug-likeness (QED) is 0.0343. The highest BCUT2D eigenvalue weighted by atomic mass is 16.6. The van der Waals surface area contributed by atoms with Crippen molar-refractivity contribution < 1.29 is 28.6 Å². The van der Waals surface area contributed by atoms with Crippen LogP contribution in [-0.2, 0) is 28.6 Å². The molecule has 0 spiro atoms. The van der Waals surface area contributed by atoms with Gasteiger partial charge in [-0.1, -0.05) is 387 Å². The maximum absolute atomic E-state index is 13.0. The van der Waals surface area contributed by atoms with E-state index in [0.29, 0.717) is 19.3 Å². The van der Waals surface area contributed by atoms with Gasteiger partial charge in [0.2, 0.25) is 0 Å². The van der Waals surface area contributed by atoms with E-state index in [4.69, 9.17) is 14.2 Å². The Morgan fingerprint density at radius 3 is 0.513 bits per heavy atom. The second kappa shape index (κ2) is 67.9. The number of ether oxygens (including phenoxy) is 3. The lowest BCUT2D eigenvalue weighted by Crippen LogP contribution is -2.30. The summed E-state index contributed by atoms with van der Waals surface area (Å²) in [6.45, 7) is 6.76. The molecule has 0 saturated carbocycles. The standard InChI is InChI=1S/C72H140O6/c1-4-7-10-13-16-19-22-25-28-31-34-36-39-41-44-47-50-53-56-59-62-65-71(74)77-68-69(67-76-70(73)64-61-58-55-52-49-46-43-40-37-33-30-27-24-21-18-15-12-9-6-3)78-72(75)66-63-60-57-54-51-48-45-42-38-35-32-29-26-23-20-17-14-11-8-5-2/h69H,4-68H2,1-3H3. The van der Waals surface area contributed by atoms with E-state index in [9.17, 15) is 14.4 Å². The third-order valence-electron chi connectivity index (χ3n) is 16.9. The van der Waals surface area contributed by atoms with Gasteiger partial charge in [0.15, 0.2) is 6.10 Å². The minimum Gasteiger partial charge on any atom is -0.462 e. The Balaban J connectivity index is 4.26. The zero-order valence-corrected chi connectivity index (χ0v) is 53.5. The molecule has 0 aliphatic rings. The fourth-order valence-electron chi connectivity index (χ4n) is 11.5. The molecule has 0 rings (SSSR count). The Bertz CT molecular complexity index is 1170. The van der Waals surface area contributed by atoms with E-state index in [1.54, 1.807) is 0 Å². The molecule has 6 nitrogen and oxygen atoms in total. The topological polar surface area (TPSA) is 78.9 Å². The summed E-state index contributed by atoms with van der Waals surface area (Å²) in [6.07, 6.45) is 79.9. The monoisotopic (exact) mass is 1100 g/mol. The molecule has 0 aliphatic carbocycles. The number of hydrogen-bond acceptors (Lipinski definition) is 6. The number of esters is 3. The number of hydrogen-bond donors (Lipinski definition) is 0. The third kappa shape index (κ3) is 65.2. The van der Waals surface area contributed by atoms with Crippen LogP contribution in [0.3, 0.4) is 0 Å². The predicted molar refractivity (Wildman–Crippen MR) is 340 cm³/mol. The van der Waals surface area contributed by atoms with Gasteiger partial charge in [-0.2, -0.15) is 0 Å². The van der Waals surface area contributed by atoms with Crippen LogP contribution in [0.15, 0.2) is 0 Å². The number of unbranched alkanes of at least 4 members (excludes halogenated alkanes) is 57. The lowest BCUT2D eigenvalue weighted by molar-refractivity contribution is -0.167. The van der Waals surface area contributed by atoms with Crippen molar-refractivity contribution in [1.82, 2.24) is 0 Å². The molecule has 0 aromatic carbocycles. The van der Waals surface area contributed by atoms with E-state index in [1.807, 2.05) is 0 Å². The highest BCUT2D eigenvalue weighted by molar-refractivity contribution is 5.71. The van der Waals surface area contributed by atoms with Gasteiger partial charge in [-0.15, -0.1) is 0 Å². The average molecular weight is 1100 g/mol. The molecule has 0 bridgehead atoms. The van der Waals surface area contributed by atoms with Crippen molar-refractivity contribution in [3.05, 3.63) is 0 Å². The first kappa shape index (κ1) is 76.4. The van der Waals surface area contributed by atoms with Crippen molar-refractivity contribution in [1.29, 1.82) is 0 Å². The Kier molecular flexibility index (Phi) is 66.5. The van der Waals surface area contributed by atoms with Crippen molar-refractivity contribution in [2.45, 2.75) is 431 Å². The first-order valence-electron chi connectivity index (χ1n) is 36.0. The summed E-state index contributed by atoms with van der Waals surface area (Å²) in [6, 6.07) is 0. The van der Waals surface area contributed by atoms with Crippen LogP contribution in [0.1, 0.15) is 425 Å². The van der Waals surface area contributed by atoms with Gasteiger partial charge in [-0.25, -0.2) is 0 Å². The first-order chi connectivity index (χ1) is 38.5. The highest BCUT2D eigenvalue weighted by Crippen LogP contribution is 2.20. The summed E-state index contributed by atoms with van der Waals surface area (Å²) < 4.78 is 17.0. The molecule has 0 amide bonds. The summed E-state index contributed by atoms with van der Waals surface area (Å²) >= 11 is 0. The Morgan fingerprint density at radius 1 is 0.205 bits per heavy atom. The van der Waals surface area contributed by atoms with Crippen molar-refractivity contribution >= 4 is 17.9 Å². The fourth-order valence-corrected chi connectivity index (χ4v) is 11.5. The van der Waals surface area contributed by atoms with Crippen LogP contribution in [0.25, 0.3) is 0 Å². The maximum Gasteiger partial charge on any atom is 0.306 e. The summed E-state index contributed by atoms with van der Waals surface area (Å²) in [4.78, 5) is 38.5. The highest BCUT2D eigenvalue weighted by Gasteiger charge is 2.20. The van der Waals surface area contributed by atoms with Crippen LogP contribution < -0.4 is 0 Å². The third-order valence-corrected chi connectivity index (χ3v) is 16.9. The maximum atomic E-state index is 13.0. The largest absolute Gasteiger partial charge is 0.462 e. The van der Waals surface area contributed by atoms with Crippen LogP contribution in [0.5, 0.6) is 0 Å². The van der Waals surface area contributed by atoms with Crippen molar-refractivity contribution in [3.8, 4) is 0 Å². The molecular formula is C72H140O6. The van der Waals surface area contributed by atoms with E-state index in [2.05, 4.69) is 20.8 Å². The zero-order chi connectivity index (χ0) is 56.4. The van der Waals surface area contributed by atoms with Crippen LogP contribution in [0.2, 0.25) is 0 Å². The molecule has 1 unspecified atom stereocenters. The number of rotatable bonds is 68. The predicted octanol–water partition coefficient (Wildman–Crippen LogP) is 24.6. The van der Waals surface area contributed by atoms with Crippen LogP contribution in [-0.4, -0.2) is 37.2 Å². The number of carbonyl (C=O) groups excluding carboxylic acids is 3. The second-order valence-electron chi connectivity index (χ2n) is 24.9. The van der Waals surface area contributed by atoms with Gasteiger partial charge < -0.3 is 14.2 Å². The van der Waals surface area contributed by atoms with E-state index >= 15 is 0 Å². The molecule has 78 heavy (non-hydrogen) atoms. The molecule has 0 fully saturated rings. The van der Waals surface area contributed by atoms with E-state index < -0.39 is 6.10 Å². The summed E-state index contributed by atoms with van der Waals surface area (Å²) in [7, 11) is 0. The SMILES string of the molecule is CCCCCCCCCCCCCCCCCCCCCCCC(=O)OCC(COC(=O)CCCCCCCCCCCCCCCCCCCCC)OC(=O)CCCCCCCCCCCCCCCCCCCCCC. The van der Waals surface area contributed by atoms with Gasteiger partial charge in [-0.05, 0) is 19.3 Å². The number of carbonyl (C=O) groups is 3. The molecule has 0 N–H and O–H groups in total. The Labute approximate surface area is 488 Å². The lowest BCUT2D eigenvalue weighted by atomic mass is 10.0. The van der Waals surface area contributed by atoms with Gasteiger partial charge in [0, 0.05) is 19.3 Å². The van der Waals surface area contributed by atoms with Crippen LogP contribution in [0, 0.1) is 0 Å². The minimum absolute atomic E-state index is 0.0599. The average Bonchev–Trinajstić information content (AvgIpc) is 3.44. The molecule has 1 atom stereocenters. The van der Waals surface area contributed by atoms with Crippen LogP contribution >= 0.6 is 0 Å². The van der Waals surface area contributed by atoms with Gasteiger partial charge in [0.05, 0.1) is 0 Å². The van der Waals surface area contributed by atoms with Crippen molar-refractivity contribution in [2.75, 3.05) is 13.2 Å². The molecular weight excluding hydrogens is 961 g/mol. The zero-order valence-electron chi connectivity index (χ0n) is 53.5. The normalized spacial score (nSPS) is 11.9. The molecule has 6 heteroatoms. The molecule has 464 valence electrons. The van der Waals surface area contributed by atoms with Gasteiger partial charge in [-0.3, -0.25) is 14.4 Å². The Hall–Kier alpha value is -1.59. The molecule has 0 radical (unpaired) electrons.